The zero-order chi connectivity index (χ0) is 10.6. The van der Waals surface area contributed by atoms with Crippen molar-refractivity contribution in [3.63, 3.8) is 0 Å². The monoisotopic (exact) mass is 199 g/mol. The van der Waals surface area contributed by atoms with E-state index in [0.29, 0.717) is 24.7 Å². The van der Waals surface area contributed by atoms with Crippen molar-refractivity contribution in [1.29, 1.82) is 0 Å². The number of anilines is 1. The summed E-state index contributed by atoms with van der Waals surface area (Å²) in [5.41, 5.74) is 0.332. The molecule has 0 radical (unpaired) electrons. The number of ether oxygens (including phenoxy) is 1. The van der Waals surface area contributed by atoms with Crippen LogP contribution in [0.3, 0.4) is 0 Å². The van der Waals surface area contributed by atoms with Gasteiger partial charge in [0.1, 0.15) is 6.61 Å². The third-order valence-electron chi connectivity index (χ3n) is 1.74. The number of aryl methyl sites for hydroxylation is 1. The Morgan fingerprint density at radius 2 is 2.14 bits per heavy atom. The fraction of sp³-hybridized carbons (Fsp3) is 0.556. The lowest BCUT2D eigenvalue weighted by molar-refractivity contribution is 0.128. The normalized spacial score (nSPS) is 10.3. The first-order chi connectivity index (χ1) is 6.69. The summed E-state index contributed by atoms with van der Waals surface area (Å²) in [6, 6.07) is 0. The van der Waals surface area contributed by atoms with Crippen molar-refractivity contribution in [2.45, 2.75) is 20.5 Å². The van der Waals surface area contributed by atoms with Gasteiger partial charge in [0.15, 0.2) is 17.5 Å². The Kier molecular flexibility index (Phi) is 3.76. The second-order valence-corrected chi connectivity index (χ2v) is 2.77. The van der Waals surface area contributed by atoms with E-state index in [-0.39, 0.29) is 5.82 Å². The molecule has 1 heterocycles. The highest BCUT2D eigenvalue weighted by atomic mass is 19.1. The molecule has 0 saturated carbocycles. The third kappa shape index (κ3) is 2.38. The van der Waals surface area contributed by atoms with Gasteiger partial charge in [-0.25, -0.2) is 14.4 Å². The summed E-state index contributed by atoms with van der Waals surface area (Å²) in [6.45, 7) is 4.39. The number of aromatic nitrogens is 2. The smallest absolute Gasteiger partial charge is 0.186 e. The highest BCUT2D eigenvalue weighted by Crippen LogP contribution is 2.13. The van der Waals surface area contributed by atoms with Crippen LogP contribution in [0, 0.1) is 12.7 Å². The van der Waals surface area contributed by atoms with Gasteiger partial charge in [0.05, 0.1) is 5.69 Å². The highest BCUT2D eigenvalue weighted by Gasteiger charge is 2.09. The summed E-state index contributed by atoms with van der Waals surface area (Å²) in [5, 5.41) is 2.67. The van der Waals surface area contributed by atoms with Crippen LogP contribution in [0.15, 0.2) is 0 Å². The molecule has 0 fully saturated rings. The van der Waals surface area contributed by atoms with Gasteiger partial charge in [-0.1, -0.05) is 0 Å². The van der Waals surface area contributed by atoms with Gasteiger partial charge < -0.3 is 10.1 Å². The van der Waals surface area contributed by atoms with Crippen molar-refractivity contribution in [3.8, 4) is 0 Å². The van der Waals surface area contributed by atoms with E-state index >= 15 is 0 Å². The standard InChI is InChI=1S/C9H14FN3O/c1-4-14-5-7-12-6(2)8(10)9(11-3)13-7/h4-5H2,1-3H3,(H,11,12,13). The molecular weight excluding hydrogens is 185 g/mol. The van der Waals surface area contributed by atoms with Crippen LogP contribution in [-0.2, 0) is 11.3 Å². The molecule has 0 aromatic carbocycles. The van der Waals surface area contributed by atoms with E-state index in [1.54, 1.807) is 14.0 Å². The Morgan fingerprint density at radius 3 is 2.71 bits per heavy atom. The van der Waals surface area contributed by atoms with E-state index in [2.05, 4.69) is 15.3 Å². The fourth-order valence-electron chi connectivity index (χ4n) is 1.04. The predicted molar refractivity (Wildman–Crippen MR) is 51.6 cm³/mol. The molecule has 1 aromatic rings. The minimum absolute atomic E-state index is 0.215. The van der Waals surface area contributed by atoms with Crippen LogP contribution in [0.25, 0.3) is 0 Å². The maximum Gasteiger partial charge on any atom is 0.186 e. The molecular formula is C9H14FN3O. The van der Waals surface area contributed by atoms with Crippen LogP contribution in [0.1, 0.15) is 18.4 Å². The topological polar surface area (TPSA) is 47.0 Å². The van der Waals surface area contributed by atoms with E-state index in [1.807, 2.05) is 6.92 Å². The molecule has 4 nitrogen and oxygen atoms in total. The molecule has 14 heavy (non-hydrogen) atoms. The van der Waals surface area contributed by atoms with Crippen LogP contribution < -0.4 is 5.32 Å². The zero-order valence-electron chi connectivity index (χ0n) is 8.59. The molecule has 1 N–H and O–H groups in total. The van der Waals surface area contributed by atoms with Gasteiger partial charge in [0.25, 0.3) is 0 Å². The van der Waals surface area contributed by atoms with Crippen LogP contribution in [0.2, 0.25) is 0 Å². The number of halogens is 1. The van der Waals surface area contributed by atoms with Gasteiger partial charge in [0.2, 0.25) is 0 Å². The summed E-state index contributed by atoms with van der Waals surface area (Å²) in [4.78, 5) is 7.93. The van der Waals surface area contributed by atoms with Gasteiger partial charge >= 0.3 is 0 Å². The highest BCUT2D eigenvalue weighted by molar-refractivity contribution is 5.37. The summed E-state index contributed by atoms with van der Waals surface area (Å²) >= 11 is 0. The number of rotatable bonds is 4. The van der Waals surface area contributed by atoms with Gasteiger partial charge in [-0.2, -0.15) is 0 Å². The lowest BCUT2D eigenvalue weighted by Gasteiger charge is -2.06. The van der Waals surface area contributed by atoms with Crippen LogP contribution in [-0.4, -0.2) is 23.6 Å². The van der Waals surface area contributed by atoms with Crippen molar-refractivity contribution < 1.29 is 9.13 Å². The molecule has 0 aliphatic carbocycles. The second-order valence-electron chi connectivity index (χ2n) is 2.77. The van der Waals surface area contributed by atoms with Crippen molar-refractivity contribution in [2.24, 2.45) is 0 Å². The van der Waals surface area contributed by atoms with E-state index in [9.17, 15) is 4.39 Å². The van der Waals surface area contributed by atoms with Gasteiger partial charge in [0, 0.05) is 13.7 Å². The molecule has 0 unspecified atom stereocenters. The Bertz CT molecular complexity index is 317. The molecule has 78 valence electrons. The van der Waals surface area contributed by atoms with Crippen molar-refractivity contribution >= 4 is 5.82 Å². The van der Waals surface area contributed by atoms with Crippen LogP contribution in [0.5, 0.6) is 0 Å². The summed E-state index contributed by atoms with van der Waals surface area (Å²) in [6.07, 6.45) is 0. The van der Waals surface area contributed by atoms with Crippen molar-refractivity contribution in [1.82, 2.24) is 9.97 Å². The Labute approximate surface area is 82.5 Å². The fourth-order valence-corrected chi connectivity index (χ4v) is 1.04. The minimum Gasteiger partial charge on any atom is -0.374 e. The first-order valence-electron chi connectivity index (χ1n) is 4.47. The van der Waals surface area contributed by atoms with Crippen molar-refractivity contribution in [2.75, 3.05) is 19.0 Å². The molecule has 0 aliphatic rings. The number of nitrogens with zero attached hydrogens (tertiary/aromatic N) is 2. The van der Waals surface area contributed by atoms with Crippen LogP contribution >= 0.6 is 0 Å². The molecule has 0 aliphatic heterocycles. The third-order valence-corrected chi connectivity index (χ3v) is 1.74. The lowest BCUT2D eigenvalue weighted by Crippen LogP contribution is -2.07. The largest absolute Gasteiger partial charge is 0.374 e. The molecule has 0 saturated heterocycles. The first-order valence-corrected chi connectivity index (χ1v) is 4.47. The SMILES string of the molecule is CCOCc1nc(C)c(F)c(NC)n1. The molecule has 5 heteroatoms. The predicted octanol–water partition coefficient (Wildman–Crippen LogP) is 1.50. The molecule has 0 atom stereocenters. The van der Waals surface area contributed by atoms with Gasteiger partial charge in [-0.05, 0) is 13.8 Å². The molecule has 1 aromatic heterocycles. The number of hydrogen-bond acceptors (Lipinski definition) is 4. The first kappa shape index (κ1) is 10.8. The molecule has 0 bridgehead atoms. The van der Waals surface area contributed by atoms with Gasteiger partial charge in [-0.15, -0.1) is 0 Å². The number of hydrogen-bond donors (Lipinski definition) is 1. The van der Waals surface area contributed by atoms with E-state index < -0.39 is 5.82 Å². The van der Waals surface area contributed by atoms with E-state index in [0.717, 1.165) is 0 Å². The maximum absolute atomic E-state index is 13.3. The summed E-state index contributed by atoms with van der Waals surface area (Å²) in [5.74, 6) is 0.301. The average molecular weight is 199 g/mol. The quantitative estimate of drug-likeness (QED) is 0.798. The summed E-state index contributed by atoms with van der Waals surface area (Å²) < 4.78 is 18.4. The zero-order valence-corrected chi connectivity index (χ0v) is 8.59. The molecule has 0 spiro atoms. The minimum atomic E-state index is -0.409. The molecule has 1 rings (SSSR count). The second kappa shape index (κ2) is 4.85. The molecule has 0 amide bonds. The average Bonchev–Trinajstić information content (AvgIpc) is 2.19. The van der Waals surface area contributed by atoms with Gasteiger partial charge in [-0.3, -0.25) is 0 Å². The maximum atomic E-state index is 13.3. The number of nitrogens with one attached hydrogen (secondary N) is 1. The summed E-state index contributed by atoms with van der Waals surface area (Å²) in [7, 11) is 1.62. The Hall–Kier alpha value is -1.23. The lowest BCUT2D eigenvalue weighted by atomic mass is 10.4. The Morgan fingerprint density at radius 1 is 1.43 bits per heavy atom. The van der Waals surface area contributed by atoms with E-state index in [1.165, 1.54) is 0 Å². The Balaban J connectivity index is 2.91. The van der Waals surface area contributed by atoms with Crippen molar-refractivity contribution in [3.05, 3.63) is 17.3 Å². The van der Waals surface area contributed by atoms with E-state index in [4.69, 9.17) is 4.74 Å². The van der Waals surface area contributed by atoms with Crippen LogP contribution in [0.4, 0.5) is 10.2 Å².